The van der Waals surface area contributed by atoms with E-state index in [1.807, 2.05) is 27.7 Å². The predicted molar refractivity (Wildman–Crippen MR) is 149 cm³/mol. The molecule has 2 saturated heterocycles. The van der Waals surface area contributed by atoms with Crippen molar-refractivity contribution < 1.29 is 18.7 Å². The fourth-order valence-corrected chi connectivity index (χ4v) is 6.41. The van der Waals surface area contributed by atoms with Gasteiger partial charge in [0.05, 0.1) is 28.7 Å². The summed E-state index contributed by atoms with van der Waals surface area (Å²) in [7, 11) is -2.64. The first-order valence-electron chi connectivity index (χ1n) is 12.9. The molecular weight excluding hydrogens is 502 g/mol. The van der Waals surface area contributed by atoms with Gasteiger partial charge in [-0.3, -0.25) is 23.6 Å². The number of nitriles is 1. The smallest absolute Gasteiger partial charge is 0.270 e. The van der Waals surface area contributed by atoms with Crippen LogP contribution >= 0.6 is 10.6 Å². The average Bonchev–Trinajstić information content (AvgIpc) is 3.31. The molecular formula is C28H33N5O4S. The van der Waals surface area contributed by atoms with E-state index in [0.29, 0.717) is 36.0 Å². The van der Waals surface area contributed by atoms with Crippen molar-refractivity contribution in [2.75, 3.05) is 50.8 Å². The summed E-state index contributed by atoms with van der Waals surface area (Å²) < 4.78 is 21.9. The van der Waals surface area contributed by atoms with Crippen LogP contribution in [0, 0.1) is 11.3 Å². The molecule has 3 heterocycles. The van der Waals surface area contributed by atoms with Gasteiger partial charge < -0.3 is 14.4 Å². The zero-order valence-electron chi connectivity index (χ0n) is 21.7. The molecule has 9 nitrogen and oxygen atoms in total. The number of piperazine rings is 1. The third kappa shape index (κ3) is 5.15. The van der Waals surface area contributed by atoms with E-state index in [2.05, 4.69) is 24.8 Å². The first kappa shape index (κ1) is 26.3. The lowest BCUT2D eigenvalue weighted by molar-refractivity contribution is 0.0595. The van der Waals surface area contributed by atoms with Crippen molar-refractivity contribution in [3.8, 4) is 11.8 Å². The summed E-state index contributed by atoms with van der Waals surface area (Å²) in [5, 5.41) is 9.99. The van der Waals surface area contributed by atoms with Gasteiger partial charge in [0.25, 0.3) is 11.8 Å². The summed E-state index contributed by atoms with van der Waals surface area (Å²) in [6.07, 6.45) is 0. The number of rotatable bonds is 4. The standard InChI is InChI=1S/C28H33N5O4S/c1-20(2)30-9-11-31(12-10-30)27(34)22-5-8-25-23(17-22)18-26(28(35)32-13-15-38(36,37)16-14-32)33(25)24-6-3-21(19-29)4-7-24/h3-8,17-18,20,36-37H,9-16H2,1-2H3. The van der Waals surface area contributed by atoms with Gasteiger partial charge in [-0.25, -0.2) is 0 Å². The highest BCUT2D eigenvalue weighted by Gasteiger charge is 2.29. The topological polar surface area (TPSA) is 113 Å². The molecule has 38 heavy (non-hydrogen) atoms. The molecule has 2 N–H and O–H groups in total. The lowest BCUT2D eigenvalue weighted by Crippen LogP contribution is -2.50. The van der Waals surface area contributed by atoms with Crippen molar-refractivity contribution >= 4 is 33.3 Å². The molecule has 2 aromatic carbocycles. The number of hydrogen-bond acceptors (Lipinski definition) is 6. The molecule has 200 valence electrons. The van der Waals surface area contributed by atoms with Crippen molar-refractivity contribution in [3.63, 3.8) is 0 Å². The van der Waals surface area contributed by atoms with Crippen molar-refractivity contribution in [1.82, 2.24) is 19.3 Å². The van der Waals surface area contributed by atoms with Crippen molar-refractivity contribution in [3.05, 3.63) is 65.4 Å². The molecule has 0 saturated carbocycles. The van der Waals surface area contributed by atoms with E-state index in [1.54, 1.807) is 35.2 Å². The molecule has 0 spiro atoms. The fourth-order valence-electron chi connectivity index (χ4n) is 5.18. The highest BCUT2D eigenvalue weighted by Crippen LogP contribution is 2.40. The van der Waals surface area contributed by atoms with Crippen LogP contribution in [0.5, 0.6) is 0 Å². The summed E-state index contributed by atoms with van der Waals surface area (Å²) >= 11 is 0. The highest BCUT2D eigenvalue weighted by atomic mass is 32.3. The summed E-state index contributed by atoms with van der Waals surface area (Å²) in [6, 6.07) is 16.9. The van der Waals surface area contributed by atoms with Gasteiger partial charge in [0.15, 0.2) is 0 Å². The van der Waals surface area contributed by atoms with Crippen molar-refractivity contribution in [2.24, 2.45) is 0 Å². The SMILES string of the molecule is CC(C)N1CCN(C(=O)c2ccc3c(c2)cc(C(=O)N2CCS(O)(O)CC2)n3-c2ccc(C#N)cc2)CC1. The third-order valence-electron chi connectivity index (χ3n) is 7.52. The van der Waals surface area contributed by atoms with E-state index in [9.17, 15) is 24.0 Å². The summed E-state index contributed by atoms with van der Waals surface area (Å²) in [4.78, 5) is 32.9. The number of nitrogens with zero attached hydrogens (tertiary/aromatic N) is 5. The van der Waals surface area contributed by atoms with Gasteiger partial charge in [-0.15, -0.1) is 0 Å². The van der Waals surface area contributed by atoms with Crippen molar-refractivity contribution in [1.29, 1.82) is 5.26 Å². The number of benzene rings is 2. The second-order valence-electron chi connectivity index (χ2n) is 10.2. The average molecular weight is 536 g/mol. The second kappa shape index (κ2) is 10.4. The number of amides is 2. The first-order chi connectivity index (χ1) is 18.2. The van der Waals surface area contributed by atoms with Gasteiger partial charge in [0.2, 0.25) is 0 Å². The number of fused-ring (bicyclic) bond motifs is 1. The Morgan fingerprint density at radius 2 is 1.50 bits per heavy atom. The van der Waals surface area contributed by atoms with Gasteiger partial charge >= 0.3 is 0 Å². The Kier molecular flexibility index (Phi) is 7.20. The fraction of sp³-hybridized carbons (Fsp3) is 0.393. The van der Waals surface area contributed by atoms with Gasteiger partial charge in [0.1, 0.15) is 5.69 Å². The third-order valence-corrected chi connectivity index (χ3v) is 9.19. The monoisotopic (exact) mass is 535 g/mol. The Labute approximate surface area is 224 Å². The minimum absolute atomic E-state index is 0.0180. The summed E-state index contributed by atoms with van der Waals surface area (Å²) in [5.41, 5.74) is 3.04. The quantitative estimate of drug-likeness (QED) is 0.524. The van der Waals surface area contributed by atoms with Crippen LogP contribution in [0.4, 0.5) is 0 Å². The maximum Gasteiger partial charge on any atom is 0.270 e. The maximum absolute atomic E-state index is 13.7. The molecule has 2 aliphatic heterocycles. The van der Waals surface area contributed by atoms with Crippen LogP contribution in [-0.4, -0.2) is 97.0 Å². The van der Waals surface area contributed by atoms with E-state index < -0.39 is 10.6 Å². The van der Waals surface area contributed by atoms with Gasteiger partial charge in [0, 0.05) is 61.9 Å². The lowest BCUT2D eigenvalue weighted by Gasteiger charge is -2.40. The summed E-state index contributed by atoms with van der Waals surface area (Å²) in [5.74, 6) is 0.102. The Balaban J connectivity index is 1.50. The van der Waals surface area contributed by atoms with E-state index in [1.165, 1.54) is 0 Å². The lowest BCUT2D eigenvalue weighted by atomic mass is 10.1. The van der Waals surface area contributed by atoms with E-state index >= 15 is 0 Å². The molecule has 0 aliphatic carbocycles. The molecule has 5 rings (SSSR count). The Hall–Kier alpha value is -3.36. The summed E-state index contributed by atoms with van der Waals surface area (Å²) in [6.45, 7) is 7.91. The number of carbonyl (C=O) groups excluding carboxylic acids is 2. The van der Waals surface area contributed by atoms with E-state index in [-0.39, 0.29) is 36.4 Å². The minimum Gasteiger partial charge on any atom is -0.336 e. The molecule has 2 fully saturated rings. The van der Waals surface area contributed by atoms with Crippen LogP contribution in [0.1, 0.15) is 40.3 Å². The largest absolute Gasteiger partial charge is 0.336 e. The molecule has 2 amide bonds. The number of hydrogen-bond donors (Lipinski definition) is 2. The Morgan fingerprint density at radius 1 is 0.868 bits per heavy atom. The first-order valence-corrected chi connectivity index (χ1v) is 14.8. The molecule has 0 unspecified atom stereocenters. The normalized spacial score (nSPS) is 18.9. The van der Waals surface area contributed by atoms with E-state index in [4.69, 9.17) is 0 Å². The highest BCUT2D eigenvalue weighted by molar-refractivity contribution is 8.24. The molecule has 3 aromatic rings. The Morgan fingerprint density at radius 3 is 2.11 bits per heavy atom. The second-order valence-corrected chi connectivity index (χ2v) is 12.6. The van der Waals surface area contributed by atoms with Crippen LogP contribution in [0.3, 0.4) is 0 Å². The van der Waals surface area contributed by atoms with Crippen molar-refractivity contribution in [2.45, 2.75) is 19.9 Å². The molecule has 0 bridgehead atoms. The van der Waals surface area contributed by atoms with Gasteiger partial charge in [-0.1, -0.05) is 0 Å². The minimum atomic E-state index is -2.64. The van der Waals surface area contributed by atoms with Crippen LogP contribution < -0.4 is 0 Å². The molecule has 2 aliphatic rings. The maximum atomic E-state index is 13.7. The van der Waals surface area contributed by atoms with Crippen LogP contribution in [0.15, 0.2) is 48.5 Å². The van der Waals surface area contributed by atoms with Crippen LogP contribution in [0.2, 0.25) is 0 Å². The zero-order chi connectivity index (χ0) is 27.0. The van der Waals surface area contributed by atoms with Gasteiger partial charge in [-0.2, -0.15) is 15.9 Å². The number of aromatic nitrogens is 1. The molecule has 0 atom stereocenters. The van der Waals surface area contributed by atoms with E-state index in [0.717, 1.165) is 29.7 Å². The molecule has 10 heteroatoms. The molecule has 1 aromatic heterocycles. The van der Waals surface area contributed by atoms with Crippen LogP contribution in [-0.2, 0) is 0 Å². The van der Waals surface area contributed by atoms with Gasteiger partial charge in [-0.05, 0) is 62.4 Å². The molecule has 0 radical (unpaired) electrons. The predicted octanol–water partition coefficient (Wildman–Crippen LogP) is 3.87. The zero-order valence-corrected chi connectivity index (χ0v) is 22.5. The Bertz CT molecular complexity index is 1390. The number of carbonyl (C=O) groups is 2. The van der Waals surface area contributed by atoms with Crippen LogP contribution in [0.25, 0.3) is 16.6 Å².